The van der Waals surface area contributed by atoms with Crippen LogP contribution in [0.1, 0.15) is 5.56 Å². The van der Waals surface area contributed by atoms with E-state index in [4.69, 9.17) is 4.55 Å². The van der Waals surface area contributed by atoms with Gasteiger partial charge in [-0.05, 0) is 24.4 Å². The highest BCUT2D eigenvalue weighted by Crippen LogP contribution is 2.27. The Bertz CT molecular complexity index is 655. The van der Waals surface area contributed by atoms with Gasteiger partial charge in [0.2, 0.25) is 0 Å². The average Bonchev–Trinajstić information content (AvgIpc) is 2.14. The van der Waals surface area contributed by atoms with Crippen LogP contribution in [0.2, 0.25) is 0 Å². The first-order valence-electron chi connectivity index (χ1n) is 4.59. The molecule has 0 fully saturated rings. The second kappa shape index (κ2) is 3.76. The number of hydrogen-bond donors (Lipinski definition) is 2. The molecular formula is C11H10O3S2. The van der Waals surface area contributed by atoms with E-state index in [1.807, 2.05) is 13.0 Å². The molecule has 2 rings (SSSR count). The van der Waals surface area contributed by atoms with Crippen LogP contribution in [0.3, 0.4) is 0 Å². The van der Waals surface area contributed by atoms with Gasteiger partial charge in [-0.25, -0.2) is 0 Å². The first-order chi connectivity index (χ1) is 7.38. The van der Waals surface area contributed by atoms with Crippen LogP contribution >= 0.6 is 12.6 Å². The van der Waals surface area contributed by atoms with E-state index in [0.717, 1.165) is 10.9 Å². The highest BCUT2D eigenvalue weighted by molar-refractivity contribution is 7.86. The maximum atomic E-state index is 11.2. The predicted molar refractivity (Wildman–Crippen MR) is 65.8 cm³/mol. The zero-order valence-electron chi connectivity index (χ0n) is 8.51. The summed E-state index contributed by atoms with van der Waals surface area (Å²) in [4.78, 5) is 0.403. The quantitative estimate of drug-likeness (QED) is 0.607. The average molecular weight is 254 g/mol. The molecule has 0 unspecified atom stereocenters. The normalized spacial score (nSPS) is 11.9. The van der Waals surface area contributed by atoms with Crippen molar-refractivity contribution in [2.45, 2.75) is 16.7 Å². The molecule has 0 amide bonds. The van der Waals surface area contributed by atoms with Gasteiger partial charge in [-0.2, -0.15) is 8.42 Å². The van der Waals surface area contributed by atoms with Gasteiger partial charge in [0.1, 0.15) is 4.90 Å². The molecule has 0 aliphatic heterocycles. The Balaban J connectivity index is 2.94. The van der Waals surface area contributed by atoms with Gasteiger partial charge in [0.05, 0.1) is 0 Å². The monoisotopic (exact) mass is 254 g/mol. The Hall–Kier alpha value is -1.04. The summed E-state index contributed by atoms with van der Waals surface area (Å²) in [6.45, 7) is 1.91. The van der Waals surface area contributed by atoms with Gasteiger partial charge in [-0.1, -0.05) is 23.8 Å². The summed E-state index contributed by atoms with van der Waals surface area (Å²) < 4.78 is 31.5. The van der Waals surface area contributed by atoms with E-state index in [9.17, 15) is 8.42 Å². The van der Waals surface area contributed by atoms with Gasteiger partial charge in [0, 0.05) is 10.3 Å². The number of thiol groups is 1. The Kier molecular flexibility index (Phi) is 2.69. The molecule has 0 radical (unpaired) electrons. The minimum Gasteiger partial charge on any atom is -0.282 e. The van der Waals surface area contributed by atoms with Crippen LogP contribution in [0.4, 0.5) is 0 Å². The van der Waals surface area contributed by atoms with Crippen LogP contribution in [-0.4, -0.2) is 13.0 Å². The first-order valence-corrected chi connectivity index (χ1v) is 6.47. The van der Waals surface area contributed by atoms with E-state index < -0.39 is 10.1 Å². The van der Waals surface area contributed by atoms with Gasteiger partial charge >= 0.3 is 0 Å². The minimum atomic E-state index is -4.21. The summed E-state index contributed by atoms with van der Waals surface area (Å²) in [6, 6.07) is 8.44. The lowest BCUT2D eigenvalue weighted by Crippen LogP contribution is -1.99. The van der Waals surface area contributed by atoms with Crippen molar-refractivity contribution >= 4 is 33.5 Å². The fourth-order valence-corrected chi connectivity index (χ4v) is 2.75. The molecule has 0 bridgehead atoms. The summed E-state index contributed by atoms with van der Waals surface area (Å²) in [5.41, 5.74) is 1.02. The summed E-state index contributed by atoms with van der Waals surface area (Å²) in [5.74, 6) is 0. The third-order valence-electron chi connectivity index (χ3n) is 2.33. The van der Waals surface area contributed by atoms with Gasteiger partial charge in [-0.15, -0.1) is 12.6 Å². The number of rotatable bonds is 1. The number of hydrogen-bond acceptors (Lipinski definition) is 3. The van der Waals surface area contributed by atoms with Crippen LogP contribution < -0.4 is 0 Å². The lowest BCUT2D eigenvalue weighted by Gasteiger charge is -2.06. The van der Waals surface area contributed by atoms with Gasteiger partial charge in [0.25, 0.3) is 10.1 Å². The molecule has 0 saturated heterocycles. The molecule has 16 heavy (non-hydrogen) atoms. The molecule has 1 N–H and O–H groups in total. The second-order valence-electron chi connectivity index (χ2n) is 3.64. The maximum absolute atomic E-state index is 11.2. The third kappa shape index (κ3) is 2.07. The summed E-state index contributed by atoms with van der Waals surface area (Å²) >= 11 is 4.12. The molecule has 0 aliphatic rings. The Morgan fingerprint density at radius 1 is 1.19 bits per heavy atom. The van der Waals surface area contributed by atoms with E-state index in [0.29, 0.717) is 10.3 Å². The van der Waals surface area contributed by atoms with Crippen molar-refractivity contribution in [1.29, 1.82) is 0 Å². The lowest BCUT2D eigenvalue weighted by molar-refractivity contribution is 0.484. The molecule has 0 aliphatic carbocycles. The number of benzene rings is 2. The molecule has 0 aromatic heterocycles. The van der Waals surface area contributed by atoms with Gasteiger partial charge in [-0.3, -0.25) is 4.55 Å². The summed E-state index contributed by atoms with van der Waals surface area (Å²) in [7, 11) is -4.21. The van der Waals surface area contributed by atoms with Crippen molar-refractivity contribution in [3.05, 3.63) is 35.9 Å². The van der Waals surface area contributed by atoms with E-state index in [2.05, 4.69) is 12.6 Å². The van der Waals surface area contributed by atoms with Crippen LogP contribution in [-0.2, 0) is 10.1 Å². The third-order valence-corrected chi connectivity index (χ3v) is 3.48. The fourth-order valence-electron chi connectivity index (χ4n) is 1.65. The van der Waals surface area contributed by atoms with E-state index in [1.165, 1.54) is 6.07 Å². The Labute approximate surface area is 99.3 Å². The highest BCUT2D eigenvalue weighted by Gasteiger charge is 2.14. The van der Waals surface area contributed by atoms with Crippen molar-refractivity contribution in [2.24, 2.45) is 0 Å². The zero-order valence-corrected chi connectivity index (χ0v) is 10.2. The van der Waals surface area contributed by atoms with Crippen LogP contribution in [0.5, 0.6) is 0 Å². The maximum Gasteiger partial charge on any atom is 0.295 e. The fraction of sp³-hybridized carbons (Fsp3) is 0.0909. The van der Waals surface area contributed by atoms with Crippen LogP contribution in [0.25, 0.3) is 10.8 Å². The molecule has 2 aromatic rings. The standard InChI is InChI=1S/C11H10O3S2/c1-7-2-3-10-8(4-7)5-9(15)6-11(10)16(12,13)14/h2-6,15H,1H3,(H,12,13,14). The summed E-state index contributed by atoms with van der Waals surface area (Å²) in [6.07, 6.45) is 0. The molecule has 3 nitrogen and oxygen atoms in total. The van der Waals surface area contributed by atoms with Crippen LogP contribution in [0, 0.1) is 6.92 Å². The van der Waals surface area contributed by atoms with Crippen molar-refractivity contribution in [1.82, 2.24) is 0 Å². The first kappa shape index (κ1) is 11.4. The van der Waals surface area contributed by atoms with Gasteiger partial charge in [0.15, 0.2) is 0 Å². The predicted octanol–water partition coefficient (Wildman–Crippen LogP) is 2.68. The Morgan fingerprint density at radius 2 is 1.88 bits per heavy atom. The van der Waals surface area contributed by atoms with Crippen molar-refractivity contribution in [3.8, 4) is 0 Å². The number of fused-ring (bicyclic) bond motifs is 1. The van der Waals surface area contributed by atoms with Gasteiger partial charge < -0.3 is 0 Å². The second-order valence-corrected chi connectivity index (χ2v) is 5.55. The molecule has 0 heterocycles. The van der Waals surface area contributed by atoms with E-state index >= 15 is 0 Å². The van der Waals surface area contributed by atoms with Crippen molar-refractivity contribution in [2.75, 3.05) is 0 Å². The zero-order chi connectivity index (χ0) is 11.9. The Morgan fingerprint density at radius 3 is 2.50 bits per heavy atom. The molecular weight excluding hydrogens is 244 g/mol. The molecule has 84 valence electrons. The smallest absolute Gasteiger partial charge is 0.282 e. The van der Waals surface area contributed by atoms with Crippen molar-refractivity contribution in [3.63, 3.8) is 0 Å². The largest absolute Gasteiger partial charge is 0.295 e. The summed E-state index contributed by atoms with van der Waals surface area (Å²) in [5, 5.41) is 1.26. The topological polar surface area (TPSA) is 54.4 Å². The lowest BCUT2D eigenvalue weighted by atomic mass is 10.1. The van der Waals surface area contributed by atoms with E-state index in [1.54, 1.807) is 18.2 Å². The highest BCUT2D eigenvalue weighted by atomic mass is 32.2. The van der Waals surface area contributed by atoms with Crippen LogP contribution in [0.15, 0.2) is 40.1 Å². The number of aryl methyl sites for hydroxylation is 1. The molecule has 5 heteroatoms. The van der Waals surface area contributed by atoms with E-state index in [-0.39, 0.29) is 4.90 Å². The molecule has 0 atom stereocenters. The molecule has 0 saturated carbocycles. The van der Waals surface area contributed by atoms with Crippen molar-refractivity contribution < 1.29 is 13.0 Å². The minimum absolute atomic E-state index is 0.102. The molecule has 0 spiro atoms. The molecule has 2 aromatic carbocycles. The SMILES string of the molecule is Cc1ccc2c(S(=O)(=O)O)cc(S)cc2c1.